The maximum atomic E-state index is 5.04. The highest BCUT2D eigenvalue weighted by molar-refractivity contribution is 5.02. The molecule has 2 heteroatoms. The number of likely N-dealkylation sites (tertiary alicyclic amines) is 1. The lowest BCUT2D eigenvalue weighted by atomic mass is 10.3. The number of rotatable bonds is 3. The normalized spacial score (nSPS) is 42.5. The van der Waals surface area contributed by atoms with Gasteiger partial charge in [-0.2, -0.15) is 0 Å². The minimum atomic E-state index is 0.897. The standard InChI is InChI=1S/C9H17NO/c1-7-8-5-10(3-4-11-2)6-9(7)8/h7-9H,3-6H2,1-2H3. The second kappa shape index (κ2) is 2.76. The van der Waals surface area contributed by atoms with Crippen molar-refractivity contribution in [2.24, 2.45) is 17.8 Å². The van der Waals surface area contributed by atoms with Gasteiger partial charge in [0.05, 0.1) is 6.61 Å². The molecule has 2 unspecified atom stereocenters. The summed E-state index contributed by atoms with van der Waals surface area (Å²) >= 11 is 0. The molecule has 2 rings (SSSR count). The van der Waals surface area contributed by atoms with E-state index in [0.717, 1.165) is 30.9 Å². The van der Waals surface area contributed by atoms with Gasteiger partial charge in [0.25, 0.3) is 0 Å². The fraction of sp³-hybridized carbons (Fsp3) is 1.00. The molecule has 2 nitrogen and oxygen atoms in total. The van der Waals surface area contributed by atoms with Crippen LogP contribution in [0.4, 0.5) is 0 Å². The van der Waals surface area contributed by atoms with E-state index in [1.165, 1.54) is 13.1 Å². The van der Waals surface area contributed by atoms with E-state index in [9.17, 15) is 0 Å². The average Bonchev–Trinajstić information content (AvgIpc) is 2.54. The van der Waals surface area contributed by atoms with Crippen LogP contribution in [0.3, 0.4) is 0 Å². The first-order chi connectivity index (χ1) is 5.33. The fourth-order valence-corrected chi connectivity index (χ4v) is 2.31. The van der Waals surface area contributed by atoms with Crippen molar-refractivity contribution in [1.82, 2.24) is 4.90 Å². The number of methoxy groups -OCH3 is 1. The van der Waals surface area contributed by atoms with E-state index in [0.29, 0.717) is 0 Å². The van der Waals surface area contributed by atoms with Gasteiger partial charge in [0.2, 0.25) is 0 Å². The topological polar surface area (TPSA) is 12.5 Å². The first-order valence-electron chi connectivity index (χ1n) is 4.54. The van der Waals surface area contributed by atoms with Crippen LogP contribution in [0.25, 0.3) is 0 Å². The molecular weight excluding hydrogens is 138 g/mol. The number of hydrogen-bond donors (Lipinski definition) is 0. The van der Waals surface area contributed by atoms with E-state index < -0.39 is 0 Å². The summed E-state index contributed by atoms with van der Waals surface area (Å²) in [5.74, 6) is 3.09. The molecule has 11 heavy (non-hydrogen) atoms. The van der Waals surface area contributed by atoms with Crippen molar-refractivity contribution in [2.75, 3.05) is 33.4 Å². The molecule has 0 aromatic rings. The highest BCUT2D eigenvalue weighted by atomic mass is 16.5. The van der Waals surface area contributed by atoms with Crippen LogP contribution in [-0.2, 0) is 4.74 Å². The molecule has 0 aromatic carbocycles. The van der Waals surface area contributed by atoms with E-state index in [1.54, 1.807) is 7.11 Å². The lowest BCUT2D eigenvalue weighted by Crippen LogP contribution is -2.27. The monoisotopic (exact) mass is 155 g/mol. The molecule has 0 amide bonds. The van der Waals surface area contributed by atoms with Gasteiger partial charge in [0.15, 0.2) is 0 Å². The second-order valence-electron chi connectivity index (χ2n) is 3.94. The second-order valence-corrected chi connectivity index (χ2v) is 3.94. The molecule has 0 spiro atoms. The van der Waals surface area contributed by atoms with Crippen LogP contribution >= 0.6 is 0 Å². The minimum Gasteiger partial charge on any atom is -0.383 e. The molecule has 2 atom stereocenters. The van der Waals surface area contributed by atoms with E-state index >= 15 is 0 Å². The van der Waals surface area contributed by atoms with Gasteiger partial charge >= 0.3 is 0 Å². The summed E-state index contributed by atoms with van der Waals surface area (Å²) in [7, 11) is 1.78. The Morgan fingerprint density at radius 3 is 2.55 bits per heavy atom. The van der Waals surface area contributed by atoms with Crippen molar-refractivity contribution < 1.29 is 4.74 Å². The zero-order valence-electron chi connectivity index (χ0n) is 7.42. The Balaban J connectivity index is 1.69. The molecule has 1 heterocycles. The van der Waals surface area contributed by atoms with Crippen LogP contribution in [0.2, 0.25) is 0 Å². The highest BCUT2D eigenvalue weighted by Crippen LogP contribution is 2.50. The molecule has 2 fully saturated rings. The van der Waals surface area contributed by atoms with E-state index in [2.05, 4.69) is 11.8 Å². The van der Waals surface area contributed by atoms with Gasteiger partial charge in [-0.3, -0.25) is 0 Å². The minimum absolute atomic E-state index is 0.897. The fourth-order valence-electron chi connectivity index (χ4n) is 2.31. The smallest absolute Gasteiger partial charge is 0.0589 e. The lowest BCUT2D eigenvalue weighted by molar-refractivity contribution is 0.152. The molecule has 1 saturated carbocycles. The van der Waals surface area contributed by atoms with Gasteiger partial charge in [-0.15, -0.1) is 0 Å². The summed E-state index contributed by atoms with van der Waals surface area (Å²) in [5, 5.41) is 0. The van der Waals surface area contributed by atoms with Crippen molar-refractivity contribution in [1.29, 1.82) is 0 Å². The van der Waals surface area contributed by atoms with E-state index in [4.69, 9.17) is 4.74 Å². The summed E-state index contributed by atoms with van der Waals surface area (Å²) in [6.07, 6.45) is 0. The average molecular weight is 155 g/mol. The number of hydrogen-bond acceptors (Lipinski definition) is 2. The summed E-state index contributed by atoms with van der Waals surface area (Å²) < 4.78 is 5.04. The third-order valence-electron chi connectivity index (χ3n) is 3.31. The van der Waals surface area contributed by atoms with Crippen molar-refractivity contribution in [2.45, 2.75) is 6.92 Å². The Morgan fingerprint density at radius 2 is 2.00 bits per heavy atom. The van der Waals surface area contributed by atoms with Crippen molar-refractivity contribution in [3.63, 3.8) is 0 Å². The molecule has 2 aliphatic rings. The van der Waals surface area contributed by atoms with Crippen molar-refractivity contribution >= 4 is 0 Å². The van der Waals surface area contributed by atoms with Crippen LogP contribution in [0, 0.1) is 17.8 Å². The molecule has 1 aliphatic carbocycles. The molecule has 0 aromatic heterocycles. The summed E-state index contributed by atoms with van der Waals surface area (Å²) in [6.45, 7) is 7.07. The molecule has 0 N–H and O–H groups in total. The predicted molar refractivity (Wildman–Crippen MR) is 44.5 cm³/mol. The largest absolute Gasteiger partial charge is 0.383 e. The number of piperidine rings is 1. The van der Waals surface area contributed by atoms with Crippen molar-refractivity contribution in [3.05, 3.63) is 0 Å². The maximum absolute atomic E-state index is 5.04. The quantitative estimate of drug-likeness (QED) is 0.598. The van der Waals surface area contributed by atoms with Crippen LogP contribution < -0.4 is 0 Å². The number of ether oxygens (including phenoxy) is 1. The van der Waals surface area contributed by atoms with Gasteiger partial charge < -0.3 is 9.64 Å². The first kappa shape index (κ1) is 7.56. The Kier molecular flexibility index (Phi) is 1.90. The van der Waals surface area contributed by atoms with Gasteiger partial charge in [-0.05, 0) is 17.8 Å². The van der Waals surface area contributed by atoms with Crippen LogP contribution in [0.1, 0.15) is 6.92 Å². The SMILES string of the molecule is COCCN1CC2C(C)C2C1. The Labute approximate surface area is 68.5 Å². The molecule has 1 aliphatic heterocycles. The summed E-state index contributed by atoms with van der Waals surface area (Å²) in [4.78, 5) is 2.53. The Hall–Kier alpha value is -0.0800. The van der Waals surface area contributed by atoms with Crippen LogP contribution in [0.15, 0.2) is 0 Å². The van der Waals surface area contributed by atoms with E-state index in [1.807, 2.05) is 0 Å². The Morgan fingerprint density at radius 1 is 1.36 bits per heavy atom. The third kappa shape index (κ3) is 1.30. The Bertz CT molecular complexity index is 136. The van der Waals surface area contributed by atoms with Crippen LogP contribution in [-0.4, -0.2) is 38.3 Å². The number of nitrogens with zero attached hydrogens (tertiary/aromatic N) is 1. The zero-order valence-corrected chi connectivity index (χ0v) is 7.42. The first-order valence-corrected chi connectivity index (χ1v) is 4.54. The van der Waals surface area contributed by atoms with Crippen LogP contribution in [0.5, 0.6) is 0 Å². The predicted octanol–water partition coefficient (Wildman–Crippen LogP) is 0.831. The molecule has 0 radical (unpaired) electrons. The number of fused-ring (bicyclic) bond motifs is 1. The van der Waals surface area contributed by atoms with Gasteiger partial charge in [-0.25, -0.2) is 0 Å². The molecule has 0 bridgehead atoms. The van der Waals surface area contributed by atoms with Crippen molar-refractivity contribution in [3.8, 4) is 0 Å². The molecule has 64 valence electrons. The molecular formula is C9H17NO. The van der Waals surface area contributed by atoms with Gasteiger partial charge in [-0.1, -0.05) is 6.92 Å². The lowest BCUT2D eigenvalue weighted by Gasteiger charge is -2.17. The molecule has 1 saturated heterocycles. The van der Waals surface area contributed by atoms with Gasteiger partial charge in [0.1, 0.15) is 0 Å². The maximum Gasteiger partial charge on any atom is 0.0589 e. The summed E-state index contributed by atoms with van der Waals surface area (Å²) in [6, 6.07) is 0. The summed E-state index contributed by atoms with van der Waals surface area (Å²) in [5.41, 5.74) is 0. The highest BCUT2D eigenvalue weighted by Gasteiger charge is 2.52. The zero-order chi connectivity index (χ0) is 7.84. The third-order valence-corrected chi connectivity index (χ3v) is 3.31. The van der Waals surface area contributed by atoms with E-state index in [-0.39, 0.29) is 0 Å². The van der Waals surface area contributed by atoms with Gasteiger partial charge in [0, 0.05) is 26.7 Å².